The number of Topliss-reactive ketones (excluding diaryl/α,β-unsaturated/α-hetero) is 1. The maximum Gasteiger partial charge on any atom is 0.136 e. The fourth-order valence-electron chi connectivity index (χ4n) is 2.89. The van der Waals surface area contributed by atoms with E-state index in [4.69, 9.17) is 5.26 Å². The molecule has 3 rings (SSSR count). The Labute approximate surface area is 88.5 Å². The largest absolute Gasteiger partial charge is 0.299 e. The lowest BCUT2D eigenvalue weighted by atomic mass is 9.92. The number of fused-ring (bicyclic) bond motifs is 1. The molecule has 0 N–H and O–H groups in total. The minimum atomic E-state index is 0.115. The van der Waals surface area contributed by atoms with Crippen LogP contribution >= 0.6 is 0 Å². The molecule has 2 atom stereocenters. The molecule has 74 valence electrons. The number of carbonyl (C=O) groups excluding carboxylic acids is 1. The molecule has 0 heterocycles. The number of hydrogen-bond donors (Lipinski definition) is 0. The van der Waals surface area contributed by atoms with Crippen LogP contribution in [-0.2, 0) is 10.2 Å². The standard InChI is InChI=1S/C13H11NO/c14-8-9-2-1-3-10(6-9)13-5-4-12(15)11(13)7-13/h1-3,6,11H,4-5,7H2/t11-,13+/m1/s1. The molecule has 1 aromatic rings. The minimum Gasteiger partial charge on any atom is -0.299 e. The number of benzene rings is 1. The van der Waals surface area contributed by atoms with Crippen molar-refractivity contribution in [1.29, 1.82) is 5.26 Å². The SMILES string of the molecule is N#Cc1cccc([C@@]23CCC(=O)[C@H]2C3)c1. The summed E-state index contributed by atoms with van der Waals surface area (Å²) in [4.78, 5) is 11.5. The molecule has 0 spiro atoms. The van der Waals surface area contributed by atoms with E-state index in [2.05, 4.69) is 12.1 Å². The van der Waals surface area contributed by atoms with Crippen molar-refractivity contribution in [2.24, 2.45) is 5.92 Å². The third-order valence-corrected chi connectivity index (χ3v) is 3.85. The lowest BCUT2D eigenvalue weighted by Crippen LogP contribution is -2.05. The molecule has 2 saturated carbocycles. The maximum absolute atomic E-state index is 11.5. The fraction of sp³-hybridized carbons (Fsp3) is 0.385. The molecule has 2 aliphatic rings. The third kappa shape index (κ3) is 1.07. The number of rotatable bonds is 1. The van der Waals surface area contributed by atoms with E-state index in [0.29, 0.717) is 11.3 Å². The molecule has 2 heteroatoms. The molecule has 0 aromatic heterocycles. The second kappa shape index (κ2) is 2.70. The van der Waals surface area contributed by atoms with Crippen LogP contribution in [0.5, 0.6) is 0 Å². The molecule has 0 radical (unpaired) electrons. The van der Waals surface area contributed by atoms with Crippen molar-refractivity contribution in [1.82, 2.24) is 0 Å². The second-order valence-electron chi connectivity index (χ2n) is 4.57. The van der Waals surface area contributed by atoms with Gasteiger partial charge in [0.15, 0.2) is 0 Å². The van der Waals surface area contributed by atoms with Gasteiger partial charge in [-0.3, -0.25) is 4.79 Å². The molecule has 1 aromatic carbocycles. The van der Waals surface area contributed by atoms with E-state index in [0.717, 1.165) is 19.3 Å². The summed E-state index contributed by atoms with van der Waals surface area (Å²) in [6, 6.07) is 9.88. The molecular weight excluding hydrogens is 186 g/mol. The Morgan fingerprint density at radius 2 is 2.33 bits per heavy atom. The van der Waals surface area contributed by atoms with E-state index >= 15 is 0 Å². The van der Waals surface area contributed by atoms with Crippen LogP contribution < -0.4 is 0 Å². The van der Waals surface area contributed by atoms with Gasteiger partial charge in [-0.15, -0.1) is 0 Å². The lowest BCUT2D eigenvalue weighted by molar-refractivity contribution is -0.119. The van der Waals surface area contributed by atoms with Crippen LogP contribution in [0.1, 0.15) is 30.4 Å². The van der Waals surface area contributed by atoms with E-state index in [1.165, 1.54) is 5.56 Å². The normalized spacial score (nSPS) is 32.2. The van der Waals surface area contributed by atoms with Crippen LogP contribution in [0.15, 0.2) is 24.3 Å². The number of nitrogens with zero attached hydrogens (tertiary/aromatic N) is 1. The number of ketones is 1. The highest BCUT2D eigenvalue weighted by Gasteiger charge is 2.62. The van der Waals surface area contributed by atoms with Crippen molar-refractivity contribution in [3.8, 4) is 6.07 Å². The summed E-state index contributed by atoms with van der Waals surface area (Å²) >= 11 is 0. The third-order valence-electron chi connectivity index (χ3n) is 3.85. The highest BCUT2D eigenvalue weighted by molar-refractivity contribution is 5.89. The van der Waals surface area contributed by atoms with Crippen molar-refractivity contribution in [2.75, 3.05) is 0 Å². The molecule has 0 saturated heterocycles. The lowest BCUT2D eigenvalue weighted by Gasteiger charge is -2.11. The van der Waals surface area contributed by atoms with Crippen LogP contribution in [-0.4, -0.2) is 5.78 Å². The van der Waals surface area contributed by atoms with Crippen molar-refractivity contribution in [3.05, 3.63) is 35.4 Å². The van der Waals surface area contributed by atoms with Crippen LogP contribution in [0.2, 0.25) is 0 Å². The Hall–Kier alpha value is -1.62. The molecule has 0 bridgehead atoms. The van der Waals surface area contributed by atoms with Gasteiger partial charge in [0.2, 0.25) is 0 Å². The summed E-state index contributed by atoms with van der Waals surface area (Å²) in [5.74, 6) is 0.670. The van der Waals surface area contributed by atoms with E-state index in [9.17, 15) is 4.79 Å². The summed E-state index contributed by atoms with van der Waals surface area (Å²) in [5.41, 5.74) is 2.01. The number of nitriles is 1. The van der Waals surface area contributed by atoms with Crippen LogP contribution in [0, 0.1) is 17.2 Å². The summed E-state index contributed by atoms with van der Waals surface area (Å²) < 4.78 is 0. The van der Waals surface area contributed by atoms with Crippen molar-refractivity contribution in [3.63, 3.8) is 0 Å². The minimum absolute atomic E-state index is 0.115. The second-order valence-corrected chi connectivity index (χ2v) is 4.57. The van der Waals surface area contributed by atoms with E-state index in [1.54, 1.807) is 0 Å². The Morgan fingerprint density at radius 3 is 2.93 bits per heavy atom. The zero-order valence-corrected chi connectivity index (χ0v) is 8.36. The van der Waals surface area contributed by atoms with Gasteiger partial charge < -0.3 is 0 Å². The van der Waals surface area contributed by atoms with E-state index < -0.39 is 0 Å². The van der Waals surface area contributed by atoms with Gasteiger partial charge in [0.05, 0.1) is 11.6 Å². The van der Waals surface area contributed by atoms with Gasteiger partial charge in [-0.25, -0.2) is 0 Å². The average Bonchev–Trinajstić information content (AvgIpc) is 2.95. The first-order valence-corrected chi connectivity index (χ1v) is 5.30. The quantitative estimate of drug-likeness (QED) is 0.692. The number of hydrogen-bond acceptors (Lipinski definition) is 2. The first-order chi connectivity index (χ1) is 7.26. The number of carbonyl (C=O) groups is 1. The average molecular weight is 197 g/mol. The van der Waals surface area contributed by atoms with Crippen LogP contribution in [0.25, 0.3) is 0 Å². The first kappa shape index (κ1) is 8.67. The Bertz CT molecular complexity index is 486. The monoisotopic (exact) mass is 197 g/mol. The fourth-order valence-corrected chi connectivity index (χ4v) is 2.89. The topological polar surface area (TPSA) is 40.9 Å². The van der Waals surface area contributed by atoms with Gasteiger partial charge in [-0.1, -0.05) is 12.1 Å². The van der Waals surface area contributed by atoms with Gasteiger partial charge in [-0.2, -0.15) is 5.26 Å². The van der Waals surface area contributed by atoms with E-state index in [1.807, 2.05) is 18.2 Å². The predicted octanol–water partition coefficient (Wildman–Crippen LogP) is 2.18. The highest BCUT2D eigenvalue weighted by Crippen LogP contribution is 2.62. The van der Waals surface area contributed by atoms with Gasteiger partial charge in [0.1, 0.15) is 5.78 Å². The Morgan fingerprint density at radius 1 is 1.47 bits per heavy atom. The van der Waals surface area contributed by atoms with Gasteiger partial charge >= 0.3 is 0 Å². The zero-order valence-electron chi connectivity index (χ0n) is 8.36. The van der Waals surface area contributed by atoms with Crippen LogP contribution in [0.4, 0.5) is 0 Å². The molecule has 2 aliphatic carbocycles. The zero-order chi connectivity index (χ0) is 10.5. The smallest absolute Gasteiger partial charge is 0.136 e. The molecule has 15 heavy (non-hydrogen) atoms. The van der Waals surface area contributed by atoms with Crippen molar-refractivity contribution < 1.29 is 4.79 Å². The molecule has 0 unspecified atom stereocenters. The summed E-state index contributed by atoms with van der Waals surface area (Å²) in [6.07, 6.45) is 2.70. The first-order valence-electron chi connectivity index (χ1n) is 5.30. The summed E-state index contributed by atoms with van der Waals surface area (Å²) in [7, 11) is 0. The highest BCUT2D eigenvalue weighted by atomic mass is 16.1. The van der Waals surface area contributed by atoms with Crippen molar-refractivity contribution >= 4 is 5.78 Å². The molecule has 0 amide bonds. The molecule has 0 aliphatic heterocycles. The predicted molar refractivity (Wildman–Crippen MR) is 55.2 cm³/mol. The maximum atomic E-state index is 11.5. The Balaban J connectivity index is 2.02. The van der Waals surface area contributed by atoms with Crippen molar-refractivity contribution in [2.45, 2.75) is 24.7 Å². The summed E-state index contributed by atoms with van der Waals surface area (Å²) in [6.45, 7) is 0. The summed E-state index contributed by atoms with van der Waals surface area (Å²) in [5, 5.41) is 8.84. The molecule has 2 fully saturated rings. The van der Waals surface area contributed by atoms with E-state index in [-0.39, 0.29) is 11.3 Å². The van der Waals surface area contributed by atoms with Gasteiger partial charge in [0.25, 0.3) is 0 Å². The molecular formula is C13H11NO. The van der Waals surface area contributed by atoms with Gasteiger partial charge in [-0.05, 0) is 30.5 Å². The molecule has 2 nitrogen and oxygen atoms in total. The van der Waals surface area contributed by atoms with Gasteiger partial charge in [0, 0.05) is 17.8 Å². The van der Waals surface area contributed by atoms with Crippen LogP contribution in [0.3, 0.4) is 0 Å². The Kier molecular flexibility index (Phi) is 1.56.